The van der Waals surface area contributed by atoms with E-state index >= 15 is 0 Å². The fourth-order valence-electron chi connectivity index (χ4n) is 4.54. The van der Waals surface area contributed by atoms with Gasteiger partial charge in [-0.2, -0.15) is 4.72 Å². The van der Waals surface area contributed by atoms with Crippen LogP contribution in [0.3, 0.4) is 0 Å². The van der Waals surface area contributed by atoms with Gasteiger partial charge in [0.05, 0.1) is 4.90 Å². The van der Waals surface area contributed by atoms with Crippen molar-refractivity contribution in [2.24, 2.45) is 0 Å². The molecule has 1 fully saturated rings. The van der Waals surface area contributed by atoms with E-state index in [0.29, 0.717) is 32.7 Å². The third-order valence-corrected chi connectivity index (χ3v) is 8.02. The van der Waals surface area contributed by atoms with Gasteiger partial charge < -0.3 is 14.4 Å². The average molecular weight is 526 g/mol. The van der Waals surface area contributed by atoms with Gasteiger partial charge in [-0.1, -0.05) is 36.4 Å². The highest BCUT2D eigenvalue weighted by atomic mass is 32.2. The molecule has 0 unspecified atom stereocenters. The number of rotatable bonds is 8. The summed E-state index contributed by atoms with van der Waals surface area (Å²) in [7, 11) is -4.03. The summed E-state index contributed by atoms with van der Waals surface area (Å²) in [6.45, 7) is 3.21. The molecule has 0 aliphatic carbocycles. The van der Waals surface area contributed by atoms with Crippen molar-refractivity contribution in [3.05, 3.63) is 89.7 Å². The van der Waals surface area contributed by atoms with Crippen molar-refractivity contribution < 1.29 is 27.1 Å². The molecule has 0 saturated carbocycles. The number of nitrogens with one attached hydrogen (secondary N) is 1. The van der Waals surface area contributed by atoms with Crippen molar-refractivity contribution in [3.8, 4) is 11.5 Å². The van der Waals surface area contributed by atoms with Crippen molar-refractivity contribution >= 4 is 15.9 Å². The quantitative estimate of drug-likeness (QED) is 0.487. The van der Waals surface area contributed by atoms with Gasteiger partial charge in [0.2, 0.25) is 22.7 Å². The van der Waals surface area contributed by atoms with E-state index < -0.39 is 21.9 Å². The number of ether oxygens (including phenoxy) is 2. The van der Waals surface area contributed by atoms with Crippen LogP contribution in [-0.2, 0) is 27.8 Å². The summed E-state index contributed by atoms with van der Waals surface area (Å²) in [5.74, 6) is 0.668. The third-order valence-electron chi connectivity index (χ3n) is 6.53. The smallest absolute Gasteiger partial charge is 0.241 e. The Morgan fingerprint density at radius 3 is 2.32 bits per heavy atom. The lowest BCUT2D eigenvalue weighted by Gasteiger charge is -2.36. The molecule has 0 spiro atoms. The Hall–Kier alpha value is -3.47. The summed E-state index contributed by atoms with van der Waals surface area (Å²) in [6.07, 6.45) is 0.206. The molecule has 1 saturated heterocycles. The topological polar surface area (TPSA) is 88.2 Å². The molecule has 2 heterocycles. The van der Waals surface area contributed by atoms with Gasteiger partial charge >= 0.3 is 0 Å². The highest BCUT2D eigenvalue weighted by Gasteiger charge is 2.31. The molecule has 0 bridgehead atoms. The Morgan fingerprint density at radius 1 is 0.892 bits per heavy atom. The first-order valence-electron chi connectivity index (χ1n) is 12.1. The monoisotopic (exact) mass is 525 g/mol. The van der Waals surface area contributed by atoms with Crippen LogP contribution < -0.4 is 14.2 Å². The number of piperazine rings is 1. The number of hydrogen-bond acceptors (Lipinski definition) is 6. The summed E-state index contributed by atoms with van der Waals surface area (Å²) >= 11 is 0. The minimum atomic E-state index is -4.03. The second-order valence-electron chi connectivity index (χ2n) is 9.11. The van der Waals surface area contributed by atoms with Gasteiger partial charge in [0, 0.05) is 32.7 Å². The molecule has 0 aromatic heterocycles. The zero-order valence-electron chi connectivity index (χ0n) is 20.2. The molecule has 0 radical (unpaired) electrons. The van der Waals surface area contributed by atoms with E-state index in [1.807, 2.05) is 48.5 Å². The molecule has 1 amide bonds. The molecule has 37 heavy (non-hydrogen) atoms. The summed E-state index contributed by atoms with van der Waals surface area (Å²) < 4.78 is 52.8. The Labute approximate surface area is 215 Å². The molecule has 2 aliphatic heterocycles. The number of nitrogens with zero attached hydrogens (tertiary/aromatic N) is 2. The van der Waals surface area contributed by atoms with Crippen LogP contribution in [0.15, 0.2) is 77.7 Å². The minimum Gasteiger partial charge on any atom is -0.454 e. The molecular weight excluding hydrogens is 497 g/mol. The SMILES string of the molecule is O=C([C@H](Cc1ccccc1)NS(=O)(=O)c1ccc(F)cc1)N1CCN(Cc2ccc3c(c2)OCO3)CC1. The summed E-state index contributed by atoms with van der Waals surface area (Å²) in [6, 6.07) is 18.7. The number of sulfonamides is 1. The molecule has 1 atom stereocenters. The average Bonchev–Trinajstić information content (AvgIpc) is 3.37. The fourth-order valence-corrected chi connectivity index (χ4v) is 5.73. The van der Waals surface area contributed by atoms with E-state index in [2.05, 4.69) is 9.62 Å². The number of benzene rings is 3. The maximum absolute atomic E-state index is 13.5. The van der Waals surface area contributed by atoms with Gasteiger partial charge in [0.25, 0.3) is 0 Å². The van der Waals surface area contributed by atoms with E-state index in [4.69, 9.17) is 9.47 Å². The van der Waals surface area contributed by atoms with Gasteiger partial charge in [-0.3, -0.25) is 9.69 Å². The third kappa shape index (κ3) is 6.10. The van der Waals surface area contributed by atoms with Crippen LogP contribution in [0.1, 0.15) is 11.1 Å². The van der Waals surface area contributed by atoms with Gasteiger partial charge in [-0.15, -0.1) is 0 Å². The Kier molecular flexibility index (Phi) is 7.40. The summed E-state index contributed by atoms with van der Waals surface area (Å²) in [5.41, 5.74) is 1.93. The lowest BCUT2D eigenvalue weighted by atomic mass is 10.1. The Bertz CT molecular complexity index is 1340. The number of carbonyl (C=O) groups is 1. The second kappa shape index (κ2) is 10.9. The number of carbonyl (C=O) groups excluding carboxylic acids is 1. The molecule has 2 aliphatic rings. The van der Waals surface area contributed by atoms with Crippen molar-refractivity contribution in [2.75, 3.05) is 33.0 Å². The number of halogens is 1. The molecule has 3 aromatic carbocycles. The molecular formula is C27H28FN3O5S. The molecule has 5 rings (SSSR count). The molecule has 1 N–H and O–H groups in total. The summed E-state index contributed by atoms with van der Waals surface area (Å²) in [4.78, 5) is 17.4. The first-order valence-corrected chi connectivity index (χ1v) is 13.6. The van der Waals surface area contributed by atoms with Crippen LogP contribution in [0.4, 0.5) is 4.39 Å². The zero-order chi connectivity index (χ0) is 25.8. The summed E-state index contributed by atoms with van der Waals surface area (Å²) in [5, 5.41) is 0. The van der Waals surface area contributed by atoms with E-state index in [9.17, 15) is 17.6 Å². The van der Waals surface area contributed by atoms with Crippen LogP contribution in [0.2, 0.25) is 0 Å². The predicted octanol–water partition coefficient (Wildman–Crippen LogP) is 2.79. The van der Waals surface area contributed by atoms with Crippen LogP contribution in [0.5, 0.6) is 11.5 Å². The van der Waals surface area contributed by atoms with E-state index in [0.717, 1.165) is 34.8 Å². The van der Waals surface area contributed by atoms with Crippen molar-refractivity contribution in [1.29, 1.82) is 0 Å². The Balaban J connectivity index is 1.26. The largest absolute Gasteiger partial charge is 0.454 e. The molecule has 10 heteroatoms. The lowest BCUT2D eigenvalue weighted by Crippen LogP contribution is -2.55. The second-order valence-corrected chi connectivity index (χ2v) is 10.8. The van der Waals surface area contributed by atoms with Crippen LogP contribution >= 0.6 is 0 Å². The highest BCUT2D eigenvalue weighted by Crippen LogP contribution is 2.32. The molecule has 8 nitrogen and oxygen atoms in total. The number of hydrogen-bond donors (Lipinski definition) is 1. The van der Waals surface area contributed by atoms with E-state index in [-0.39, 0.29) is 24.0 Å². The fraction of sp³-hybridized carbons (Fsp3) is 0.296. The van der Waals surface area contributed by atoms with Crippen molar-refractivity contribution in [2.45, 2.75) is 23.9 Å². The van der Waals surface area contributed by atoms with Crippen LogP contribution in [0.25, 0.3) is 0 Å². The normalized spacial score (nSPS) is 16.5. The number of amides is 1. The van der Waals surface area contributed by atoms with Crippen LogP contribution in [-0.4, -0.2) is 63.1 Å². The van der Waals surface area contributed by atoms with Gasteiger partial charge in [-0.05, 0) is 53.9 Å². The highest BCUT2D eigenvalue weighted by molar-refractivity contribution is 7.89. The lowest BCUT2D eigenvalue weighted by molar-refractivity contribution is -0.134. The maximum Gasteiger partial charge on any atom is 0.241 e. The standard InChI is InChI=1S/C27H28FN3O5S/c28-22-7-9-23(10-8-22)37(33,34)29-24(16-20-4-2-1-3-5-20)27(32)31-14-12-30(13-15-31)18-21-6-11-25-26(17-21)36-19-35-25/h1-11,17,24,29H,12-16,18-19H2/t24-/m0/s1. The first kappa shape index (κ1) is 25.2. The van der Waals surface area contributed by atoms with E-state index in [1.54, 1.807) is 4.90 Å². The van der Waals surface area contributed by atoms with Gasteiger partial charge in [-0.25, -0.2) is 12.8 Å². The van der Waals surface area contributed by atoms with Crippen LogP contribution in [0, 0.1) is 5.82 Å². The minimum absolute atomic E-state index is 0.0895. The maximum atomic E-state index is 13.5. The Morgan fingerprint density at radius 2 is 1.59 bits per heavy atom. The first-order chi connectivity index (χ1) is 17.9. The van der Waals surface area contributed by atoms with Gasteiger partial charge in [0.1, 0.15) is 11.9 Å². The number of fused-ring (bicyclic) bond motifs is 1. The van der Waals surface area contributed by atoms with E-state index in [1.165, 1.54) is 12.1 Å². The molecule has 3 aromatic rings. The van der Waals surface area contributed by atoms with Crippen molar-refractivity contribution in [1.82, 2.24) is 14.5 Å². The van der Waals surface area contributed by atoms with Crippen molar-refractivity contribution in [3.63, 3.8) is 0 Å². The van der Waals surface area contributed by atoms with Gasteiger partial charge in [0.15, 0.2) is 11.5 Å². The molecule has 194 valence electrons. The predicted molar refractivity (Wildman–Crippen MR) is 135 cm³/mol. The zero-order valence-corrected chi connectivity index (χ0v) is 21.0.